The number of aryl methyl sites for hydroxylation is 2. The number of carbonyl (C=O) groups is 5. The SMILES string of the molecule is [2H]Cc1cc(O)cc(C[2H])c1C[C@H](N)C(=O)N(CC(=O)N[C@@H](CC1CCCCC1)C(=O)NCCCCCC(=O)OC)C(=O)[C@H](N)CCS(C)=O. The lowest BCUT2D eigenvalue weighted by Gasteiger charge is -2.29. The first kappa shape index (κ1) is 37.5. The highest BCUT2D eigenvalue weighted by Crippen LogP contribution is 2.27. The first-order valence-electron chi connectivity index (χ1n) is 17.9. The van der Waals surface area contributed by atoms with Gasteiger partial charge in [-0.2, -0.15) is 0 Å². The number of nitrogens with one attached hydrogen (secondary N) is 2. The van der Waals surface area contributed by atoms with Crippen molar-refractivity contribution < 1.29 is 40.8 Å². The summed E-state index contributed by atoms with van der Waals surface area (Å²) in [4.78, 5) is 66.2. The Balaban J connectivity index is 2.25. The van der Waals surface area contributed by atoms with Crippen LogP contribution in [0.4, 0.5) is 0 Å². The molecule has 0 aliphatic heterocycles. The van der Waals surface area contributed by atoms with Crippen LogP contribution in [-0.4, -0.2) is 94.1 Å². The Bertz CT molecular complexity index is 1310. The van der Waals surface area contributed by atoms with E-state index in [1.54, 1.807) is 0 Å². The van der Waals surface area contributed by atoms with Crippen LogP contribution in [0, 0.1) is 19.7 Å². The monoisotopic (exact) mass is 695 g/mol. The molecular formula is C34H55N5O8S. The summed E-state index contributed by atoms with van der Waals surface area (Å²) in [5.41, 5.74) is 13.6. The molecule has 1 aromatic rings. The Labute approximate surface area is 289 Å². The van der Waals surface area contributed by atoms with E-state index in [2.05, 4.69) is 15.4 Å². The maximum absolute atomic E-state index is 13.8. The molecule has 13 nitrogen and oxygen atoms in total. The van der Waals surface area contributed by atoms with E-state index in [1.165, 1.54) is 25.5 Å². The number of carbonyl (C=O) groups excluding carboxylic acids is 5. The molecular weight excluding hydrogens is 638 g/mol. The van der Waals surface area contributed by atoms with E-state index in [4.69, 9.17) is 14.2 Å². The lowest BCUT2D eigenvalue weighted by Crippen LogP contribution is -2.57. The number of hydrogen-bond acceptors (Lipinski definition) is 10. The number of methoxy groups -OCH3 is 1. The van der Waals surface area contributed by atoms with E-state index in [-0.39, 0.29) is 56.5 Å². The van der Waals surface area contributed by atoms with Crippen LogP contribution in [0.3, 0.4) is 0 Å². The summed E-state index contributed by atoms with van der Waals surface area (Å²) in [6.45, 7) is -0.928. The smallest absolute Gasteiger partial charge is 0.305 e. The van der Waals surface area contributed by atoms with Crippen molar-refractivity contribution >= 4 is 40.4 Å². The molecule has 1 fully saturated rings. The number of esters is 1. The maximum atomic E-state index is 13.8. The van der Waals surface area contributed by atoms with Crippen LogP contribution in [0.25, 0.3) is 0 Å². The fourth-order valence-corrected chi connectivity index (χ4v) is 6.39. The Morgan fingerprint density at radius 1 is 1.04 bits per heavy atom. The summed E-state index contributed by atoms with van der Waals surface area (Å²) in [7, 11) is 0.0617. The molecule has 1 aliphatic rings. The highest BCUT2D eigenvalue weighted by molar-refractivity contribution is 7.84. The zero-order valence-electron chi connectivity index (χ0n) is 30.3. The van der Waals surface area contributed by atoms with Crippen molar-refractivity contribution in [2.24, 2.45) is 17.4 Å². The third-order valence-electron chi connectivity index (χ3n) is 8.56. The molecule has 0 saturated heterocycles. The van der Waals surface area contributed by atoms with Gasteiger partial charge in [-0.15, -0.1) is 0 Å². The molecule has 7 N–H and O–H groups in total. The number of nitrogens with zero attached hydrogens (tertiary/aromatic N) is 1. The molecule has 4 amide bonds. The van der Waals surface area contributed by atoms with Crippen molar-refractivity contribution in [3.63, 3.8) is 0 Å². The van der Waals surface area contributed by atoms with Gasteiger partial charge in [-0.05, 0) is 80.6 Å². The molecule has 2 rings (SSSR count). The molecule has 0 bridgehead atoms. The maximum Gasteiger partial charge on any atom is 0.305 e. The minimum Gasteiger partial charge on any atom is -0.508 e. The number of amides is 4. The summed E-state index contributed by atoms with van der Waals surface area (Å²) in [5, 5.41) is 15.6. The number of benzene rings is 1. The average molecular weight is 696 g/mol. The molecule has 1 aromatic carbocycles. The van der Waals surface area contributed by atoms with Crippen molar-refractivity contribution in [1.82, 2.24) is 15.5 Å². The Morgan fingerprint density at radius 3 is 2.29 bits per heavy atom. The van der Waals surface area contributed by atoms with E-state index in [0.717, 1.165) is 32.1 Å². The van der Waals surface area contributed by atoms with Gasteiger partial charge in [0.1, 0.15) is 18.3 Å². The number of phenolic OH excluding ortho intramolecular Hbond substituents is 1. The molecule has 1 unspecified atom stereocenters. The first-order valence-corrected chi connectivity index (χ1v) is 18.3. The molecule has 270 valence electrons. The standard InChI is InChI=1S/C34H55N5O8S/c1-22-17-25(40)18-23(2)26(22)20-28(36)34(45)39(33(44)27(35)14-16-48(4)46)21-30(41)38-29(19-24-11-7-5-8-12-24)32(43)37-15-10-6-9-13-31(42)47-3/h17-18,24,27-29,40H,5-16,19-21,35-36H2,1-4H3,(H,37,43)(H,38,41)/t27-,28+,29+,48?/m1/s1/i1D,2D. The zero-order chi connectivity index (χ0) is 37.2. The Kier molecular flexibility index (Phi) is 16.3. The van der Waals surface area contributed by atoms with Gasteiger partial charge < -0.3 is 31.9 Å². The number of imide groups is 1. The fourth-order valence-electron chi connectivity index (χ4n) is 5.81. The summed E-state index contributed by atoms with van der Waals surface area (Å²) in [5.74, 6) is -3.09. The number of phenols is 1. The summed E-state index contributed by atoms with van der Waals surface area (Å²) in [6, 6.07) is -0.843. The van der Waals surface area contributed by atoms with Gasteiger partial charge >= 0.3 is 5.97 Å². The van der Waals surface area contributed by atoms with Gasteiger partial charge in [-0.3, -0.25) is 33.1 Å². The normalized spacial score (nSPS) is 16.4. The second kappa shape index (κ2) is 20.9. The first-order chi connectivity index (χ1) is 23.8. The van der Waals surface area contributed by atoms with Gasteiger partial charge in [0.05, 0.1) is 19.2 Å². The van der Waals surface area contributed by atoms with Crippen LogP contribution in [0.5, 0.6) is 5.75 Å². The molecule has 1 aliphatic carbocycles. The van der Waals surface area contributed by atoms with E-state index >= 15 is 0 Å². The van der Waals surface area contributed by atoms with Crippen molar-refractivity contribution in [2.75, 3.05) is 32.2 Å². The predicted molar refractivity (Wildman–Crippen MR) is 184 cm³/mol. The van der Waals surface area contributed by atoms with Gasteiger partial charge in [-0.1, -0.05) is 38.5 Å². The molecule has 0 heterocycles. The third kappa shape index (κ3) is 14.0. The number of rotatable bonds is 19. The predicted octanol–water partition coefficient (Wildman–Crippen LogP) is 1.63. The number of unbranched alkanes of at least 4 members (excludes halogenated alkanes) is 2. The van der Waals surface area contributed by atoms with Crippen molar-refractivity contribution in [2.45, 2.75) is 109 Å². The molecule has 14 heteroatoms. The molecule has 0 aromatic heterocycles. The average Bonchev–Trinajstić information content (AvgIpc) is 3.10. The minimum atomic E-state index is -1.38. The second-order valence-corrected chi connectivity index (χ2v) is 14.1. The summed E-state index contributed by atoms with van der Waals surface area (Å²) in [6.07, 6.45) is 8.83. The van der Waals surface area contributed by atoms with Crippen LogP contribution >= 0.6 is 0 Å². The molecule has 1 saturated carbocycles. The third-order valence-corrected chi connectivity index (χ3v) is 9.37. The molecule has 0 spiro atoms. The number of hydrogen-bond donors (Lipinski definition) is 5. The number of nitrogens with two attached hydrogens (primary N) is 2. The highest BCUT2D eigenvalue weighted by Gasteiger charge is 2.34. The van der Waals surface area contributed by atoms with E-state index in [9.17, 15) is 33.3 Å². The van der Waals surface area contributed by atoms with E-state index < -0.39 is 59.1 Å². The number of ether oxygens (including phenoxy) is 1. The van der Waals surface area contributed by atoms with Crippen LogP contribution < -0.4 is 22.1 Å². The Hall–Kier alpha value is -3.36. The summed E-state index contributed by atoms with van der Waals surface area (Å²) < 4.78 is 32.1. The minimum absolute atomic E-state index is 0.0150. The van der Waals surface area contributed by atoms with Crippen LogP contribution in [0.1, 0.15) is 90.1 Å². The topological polar surface area (TPSA) is 211 Å². The van der Waals surface area contributed by atoms with Crippen molar-refractivity contribution in [3.8, 4) is 5.75 Å². The van der Waals surface area contributed by atoms with Gasteiger partial charge in [0, 0.05) is 38.5 Å². The second-order valence-electron chi connectivity index (χ2n) is 12.5. The van der Waals surface area contributed by atoms with Gasteiger partial charge in [0.15, 0.2) is 0 Å². The van der Waals surface area contributed by atoms with Gasteiger partial charge in [0.2, 0.25) is 23.6 Å². The van der Waals surface area contributed by atoms with Crippen LogP contribution in [-0.2, 0) is 45.9 Å². The Morgan fingerprint density at radius 2 is 1.69 bits per heavy atom. The lowest BCUT2D eigenvalue weighted by molar-refractivity contribution is -0.149. The molecule has 48 heavy (non-hydrogen) atoms. The fraction of sp³-hybridized carbons (Fsp3) is 0.676. The van der Waals surface area contributed by atoms with Crippen LogP contribution in [0.2, 0.25) is 0 Å². The largest absolute Gasteiger partial charge is 0.508 e. The number of aromatic hydroxyl groups is 1. The van der Waals surface area contributed by atoms with Crippen molar-refractivity contribution in [1.29, 1.82) is 0 Å². The quantitative estimate of drug-likeness (QED) is 0.104. The molecule has 4 atom stereocenters. The summed E-state index contributed by atoms with van der Waals surface area (Å²) >= 11 is 0. The van der Waals surface area contributed by atoms with E-state index in [0.29, 0.717) is 53.8 Å². The zero-order valence-corrected chi connectivity index (χ0v) is 29.1. The van der Waals surface area contributed by atoms with E-state index in [1.807, 2.05) is 0 Å². The van der Waals surface area contributed by atoms with Gasteiger partial charge in [-0.25, -0.2) is 0 Å². The molecule has 0 radical (unpaired) electrons. The van der Waals surface area contributed by atoms with Crippen LogP contribution in [0.15, 0.2) is 12.1 Å². The highest BCUT2D eigenvalue weighted by atomic mass is 32.2. The van der Waals surface area contributed by atoms with Gasteiger partial charge in [0.25, 0.3) is 0 Å². The van der Waals surface area contributed by atoms with Crippen molar-refractivity contribution in [3.05, 3.63) is 28.8 Å². The lowest BCUT2D eigenvalue weighted by atomic mass is 9.84.